The third kappa shape index (κ3) is 1.09. The highest BCUT2D eigenvalue weighted by atomic mass is 16.5. The maximum absolute atomic E-state index is 5.48. The quantitative estimate of drug-likeness (QED) is 0.560. The largest absolute Gasteiger partial charge is 0.474 e. The highest BCUT2D eigenvalue weighted by Gasteiger charge is 2.19. The second-order valence-corrected chi connectivity index (χ2v) is 3.05. The van der Waals surface area contributed by atoms with Gasteiger partial charge in [-0.3, -0.25) is 0 Å². The summed E-state index contributed by atoms with van der Waals surface area (Å²) in [5.74, 6) is 0.831. The van der Waals surface area contributed by atoms with Gasteiger partial charge in [-0.15, -0.1) is 0 Å². The second kappa shape index (κ2) is 2.22. The van der Waals surface area contributed by atoms with Crippen LogP contribution in [0.4, 0.5) is 0 Å². The zero-order valence-corrected chi connectivity index (χ0v) is 6.79. The molecule has 2 heterocycles. The third-order valence-corrected chi connectivity index (χ3v) is 1.90. The van der Waals surface area contributed by atoms with Gasteiger partial charge < -0.3 is 4.74 Å². The minimum atomic E-state index is 0.305. The Bertz CT molecular complexity index is 283. The lowest BCUT2D eigenvalue weighted by atomic mass is 10.2. The standard InChI is InChI=1S/C9H11NO/c1-6-3-4-8-5-7(2)11-9(8)10-6/h3-4,7H,5H2,1-2H3. The lowest BCUT2D eigenvalue weighted by Gasteiger charge is -2.00. The number of rotatable bonds is 0. The molecule has 1 aromatic heterocycles. The summed E-state index contributed by atoms with van der Waals surface area (Å²) in [7, 11) is 0. The molecular weight excluding hydrogens is 138 g/mol. The molecule has 11 heavy (non-hydrogen) atoms. The molecule has 0 aliphatic carbocycles. The summed E-state index contributed by atoms with van der Waals surface area (Å²) in [5.41, 5.74) is 2.26. The molecule has 0 aromatic carbocycles. The van der Waals surface area contributed by atoms with Crippen LogP contribution in [0.15, 0.2) is 12.1 Å². The van der Waals surface area contributed by atoms with Gasteiger partial charge in [0.05, 0.1) is 0 Å². The van der Waals surface area contributed by atoms with Crippen LogP contribution in [0.5, 0.6) is 5.88 Å². The zero-order valence-electron chi connectivity index (χ0n) is 6.79. The fourth-order valence-corrected chi connectivity index (χ4v) is 1.36. The molecule has 58 valence electrons. The van der Waals surface area contributed by atoms with Gasteiger partial charge in [0.15, 0.2) is 0 Å². The molecule has 0 amide bonds. The van der Waals surface area contributed by atoms with E-state index in [9.17, 15) is 0 Å². The van der Waals surface area contributed by atoms with Gasteiger partial charge in [-0.2, -0.15) is 0 Å². The van der Waals surface area contributed by atoms with E-state index in [1.807, 2.05) is 13.0 Å². The molecule has 0 saturated carbocycles. The molecule has 2 nitrogen and oxygen atoms in total. The molecule has 1 aromatic rings. The van der Waals surface area contributed by atoms with Gasteiger partial charge in [0.2, 0.25) is 5.88 Å². The van der Waals surface area contributed by atoms with Crippen molar-refractivity contribution in [2.24, 2.45) is 0 Å². The van der Waals surface area contributed by atoms with E-state index in [0.717, 1.165) is 18.0 Å². The molecule has 1 unspecified atom stereocenters. The van der Waals surface area contributed by atoms with Crippen LogP contribution in [0.25, 0.3) is 0 Å². The van der Waals surface area contributed by atoms with Crippen LogP contribution < -0.4 is 4.74 Å². The summed E-state index contributed by atoms with van der Waals surface area (Å²) < 4.78 is 5.48. The minimum Gasteiger partial charge on any atom is -0.474 e. The van der Waals surface area contributed by atoms with Gasteiger partial charge in [0, 0.05) is 17.7 Å². The van der Waals surface area contributed by atoms with Crippen LogP contribution in [0, 0.1) is 6.92 Å². The minimum absolute atomic E-state index is 0.305. The van der Waals surface area contributed by atoms with Crippen molar-refractivity contribution in [1.82, 2.24) is 4.98 Å². The first-order valence-electron chi connectivity index (χ1n) is 3.89. The number of aryl methyl sites for hydroxylation is 1. The number of nitrogens with zero attached hydrogens (tertiary/aromatic N) is 1. The molecule has 0 N–H and O–H groups in total. The first kappa shape index (κ1) is 6.65. The fraction of sp³-hybridized carbons (Fsp3) is 0.444. The third-order valence-electron chi connectivity index (χ3n) is 1.90. The number of pyridine rings is 1. The molecule has 0 spiro atoms. The number of fused-ring (bicyclic) bond motifs is 1. The van der Waals surface area contributed by atoms with Crippen molar-refractivity contribution in [2.45, 2.75) is 26.4 Å². The van der Waals surface area contributed by atoms with Crippen molar-refractivity contribution in [1.29, 1.82) is 0 Å². The van der Waals surface area contributed by atoms with Crippen LogP contribution in [0.1, 0.15) is 18.2 Å². The molecule has 0 bridgehead atoms. The van der Waals surface area contributed by atoms with Crippen molar-refractivity contribution < 1.29 is 4.74 Å². The smallest absolute Gasteiger partial charge is 0.217 e. The normalized spacial score (nSPS) is 21.1. The summed E-state index contributed by atoms with van der Waals surface area (Å²) >= 11 is 0. The molecule has 2 heteroatoms. The molecular formula is C9H11NO. The van der Waals surface area contributed by atoms with Crippen LogP contribution in [0.3, 0.4) is 0 Å². The van der Waals surface area contributed by atoms with Gasteiger partial charge in [-0.05, 0) is 19.9 Å². The van der Waals surface area contributed by atoms with Gasteiger partial charge >= 0.3 is 0 Å². The van der Waals surface area contributed by atoms with E-state index >= 15 is 0 Å². The van der Waals surface area contributed by atoms with Crippen LogP contribution >= 0.6 is 0 Å². The summed E-state index contributed by atoms with van der Waals surface area (Å²) in [5, 5.41) is 0. The highest BCUT2D eigenvalue weighted by Crippen LogP contribution is 2.25. The average Bonchev–Trinajstić information content (AvgIpc) is 2.27. The Morgan fingerprint density at radius 3 is 3.18 bits per heavy atom. The van der Waals surface area contributed by atoms with Crippen molar-refractivity contribution >= 4 is 0 Å². The lowest BCUT2D eigenvalue weighted by Crippen LogP contribution is -2.05. The first-order valence-corrected chi connectivity index (χ1v) is 3.89. The highest BCUT2D eigenvalue weighted by molar-refractivity contribution is 5.31. The molecule has 1 aliphatic heterocycles. The van der Waals surface area contributed by atoms with E-state index in [2.05, 4.69) is 18.0 Å². The summed E-state index contributed by atoms with van der Waals surface area (Å²) in [4.78, 5) is 4.28. The Hall–Kier alpha value is -1.05. The monoisotopic (exact) mass is 149 g/mol. The number of hydrogen-bond donors (Lipinski definition) is 0. The van der Waals surface area contributed by atoms with Crippen LogP contribution in [-0.4, -0.2) is 11.1 Å². The van der Waals surface area contributed by atoms with Gasteiger partial charge in [0.25, 0.3) is 0 Å². The second-order valence-electron chi connectivity index (χ2n) is 3.05. The van der Waals surface area contributed by atoms with E-state index in [1.165, 1.54) is 5.56 Å². The van der Waals surface area contributed by atoms with Gasteiger partial charge in [0.1, 0.15) is 6.10 Å². The molecule has 1 atom stereocenters. The van der Waals surface area contributed by atoms with Crippen molar-refractivity contribution in [3.05, 3.63) is 23.4 Å². The molecule has 2 rings (SSSR count). The Morgan fingerprint density at radius 1 is 1.55 bits per heavy atom. The molecule has 1 aliphatic rings. The Morgan fingerprint density at radius 2 is 2.36 bits per heavy atom. The predicted octanol–water partition coefficient (Wildman–Crippen LogP) is 1.71. The van der Waals surface area contributed by atoms with Crippen molar-refractivity contribution in [3.8, 4) is 5.88 Å². The topological polar surface area (TPSA) is 22.1 Å². The van der Waals surface area contributed by atoms with E-state index in [-0.39, 0.29) is 0 Å². The fourth-order valence-electron chi connectivity index (χ4n) is 1.36. The van der Waals surface area contributed by atoms with E-state index < -0.39 is 0 Å². The number of ether oxygens (including phenoxy) is 1. The van der Waals surface area contributed by atoms with Crippen LogP contribution in [-0.2, 0) is 6.42 Å². The number of hydrogen-bond acceptors (Lipinski definition) is 2. The lowest BCUT2D eigenvalue weighted by molar-refractivity contribution is 0.246. The zero-order chi connectivity index (χ0) is 7.84. The summed E-state index contributed by atoms with van der Waals surface area (Å²) in [6.45, 7) is 4.05. The van der Waals surface area contributed by atoms with Crippen molar-refractivity contribution in [3.63, 3.8) is 0 Å². The Kier molecular flexibility index (Phi) is 1.34. The SMILES string of the molecule is Cc1ccc2c(n1)OC(C)C2. The molecule has 0 fully saturated rings. The molecule has 0 radical (unpaired) electrons. The summed E-state index contributed by atoms with van der Waals surface area (Å²) in [6, 6.07) is 4.13. The molecule has 0 saturated heterocycles. The number of aromatic nitrogens is 1. The van der Waals surface area contributed by atoms with E-state index in [4.69, 9.17) is 4.74 Å². The Labute approximate surface area is 66.2 Å². The van der Waals surface area contributed by atoms with E-state index in [0.29, 0.717) is 6.10 Å². The van der Waals surface area contributed by atoms with Gasteiger partial charge in [-0.1, -0.05) is 6.07 Å². The Balaban J connectivity index is 2.43. The maximum atomic E-state index is 5.48. The average molecular weight is 149 g/mol. The van der Waals surface area contributed by atoms with E-state index in [1.54, 1.807) is 0 Å². The first-order chi connectivity index (χ1) is 5.25. The van der Waals surface area contributed by atoms with Crippen molar-refractivity contribution in [2.75, 3.05) is 0 Å². The maximum Gasteiger partial charge on any atom is 0.217 e. The van der Waals surface area contributed by atoms with Gasteiger partial charge in [-0.25, -0.2) is 4.98 Å². The summed E-state index contributed by atoms with van der Waals surface area (Å²) in [6.07, 6.45) is 1.31. The predicted molar refractivity (Wildman–Crippen MR) is 42.8 cm³/mol. The van der Waals surface area contributed by atoms with Crippen LogP contribution in [0.2, 0.25) is 0 Å².